The van der Waals surface area contributed by atoms with Crippen LogP contribution in [0.1, 0.15) is 63.0 Å². The minimum Gasteiger partial charge on any atom is -0.383 e. The number of carbonyl (C=O) groups is 1. The number of rotatable bonds is 7. The zero-order valence-electron chi connectivity index (χ0n) is 25.9. The zero-order chi connectivity index (χ0) is 32.2. The number of aryl methyl sites for hydroxylation is 1. The van der Waals surface area contributed by atoms with E-state index in [0.717, 1.165) is 17.3 Å². The molecule has 0 fully saturated rings. The molecule has 3 heterocycles. The van der Waals surface area contributed by atoms with Crippen LogP contribution in [0.4, 0.5) is 15.9 Å². The number of aromatic nitrogens is 4. The molecule has 3 N–H and O–H groups in total. The molecule has 3 aromatic heterocycles. The third-order valence-electron chi connectivity index (χ3n) is 6.36. The first-order chi connectivity index (χ1) is 21.4. The standard InChI is InChI=1S/C30H25FN8O.2C2H6/c1-3-20-14-21(31)15-24(26(20)37-18(2)16-32)30(40)36-17-19-8-10-22(11-9-19)39-28(23-6-4-12-34-27(23)33)38-25-7-5-13-35-29(25)39;2*1-2/h4-15H,3,17H2,1-2H3,(H2,33,34)(H,36,40);2*1-2H3. The maximum absolute atomic E-state index is 14.3. The van der Waals surface area contributed by atoms with E-state index < -0.39 is 11.7 Å². The lowest BCUT2D eigenvalue weighted by atomic mass is 10.0. The average Bonchev–Trinajstić information content (AvgIpc) is 3.45. The molecular formula is C34H37FN8O. The minimum atomic E-state index is -0.536. The van der Waals surface area contributed by atoms with Crippen LogP contribution in [0.2, 0.25) is 0 Å². The summed E-state index contributed by atoms with van der Waals surface area (Å²) in [6, 6.07) is 19.3. The lowest BCUT2D eigenvalue weighted by Gasteiger charge is -2.13. The zero-order valence-corrected chi connectivity index (χ0v) is 25.9. The molecule has 0 atom stereocenters. The van der Waals surface area contributed by atoms with E-state index >= 15 is 0 Å². The molecule has 10 heteroatoms. The minimum absolute atomic E-state index is 0.0812. The van der Waals surface area contributed by atoms with E-state index in [2.05, 4.69) is 20.3 Å². The number of nitrogens with two attached hydrogens (primary N) is 1. The SMILES string of the molecule is CC.CC.CCc1cc(F)cc(C(=O)NCc2ccc(-n3c(-c4cccnc4N)nc4cccnc43)cc2)c1N=C(C)C#N. The van der Waals surface area contributed by atoms with Crippen molar-refractivity contribution < 1.29 is 9.18 Å². The van der Waals surface area contributed by atoms with Crippen molar-refractivity contribution in [2.45, 2.75) is 54.5 Å². The number of imidazole rings is 1. The number of nitrogen functional groups attached to an aromatic ring is 1. The topological polar surface area (TPSA) is 135 Å². The number of nitrogens with zero attached hydrogens (tertiary/aromatic N) is 6. The molecule has 5 rings (SSSR count). The van der Waals surface area contributed by atoms with Crippen molar-refractivity contribution >= 4 is 34.3 Å². The van der Waals surface area contributed by atoms with Gasteiger partial charge in [0, 0.05) is 24.6 Å². The first kappa shape index (κ1) is 33.1. The third kappa shape index (κ3) is 7.31. The van der Waals surface area contributed by atoms with Crippen LogP contribution in [0.3, 0.4) is 0 Å². The highest BCUT2D eigenvalue weighted by Crippen LogP contribution is 2.30. The van der Waals surface area contributed by atoms with Crippen molar-refractivity contribution in [3.05, 3.63) is 95.6 Å². The second-order valence-corrected chi connectivity index (χ2v) is 9.03. The molecule has 0 unspecified atom stereocenters. The Morgan fingerprint density at radius 3 is 2.39 bits per heavy atom. The van der Waals surface area contributed by atoms with Crippen molar-refractivity contribution in [2.24, 2.45) is 4.99 Å². The number of benzene rings is 2. The summed E-state index contributed by atoms with van der Waals surface area (Å²) in [5.74, 6) is -0.0531. The summed E-state index contributed by atoms with van der Waals surface area (Å²) >= 11 is 0. The van der Waals surface area contributed by atoms with Crippen LogP contribution in [0, 0.1) is 17.1 Å². The Bertz CT molecular complexity index is 1800. The number of fused-ring (bicyclic) bond motifs is 1. The van der Waals surface area contributed by atoms with Gasteiger partial charge in [0.1, 0.15) is 28.9 Å². The van der Waals surface area contributed by atoms with Crippen molar-refractivity contribution in [3.8, 4) is 23.1 Å². The molecule has 0 saturated heterocycles. The van der Waals surface area contributed by atoms with Crippen LogP contribution in [-0.4, -0.2) is 31.1 Å². The molecular weight excluding hydrogens is 555 g/mol. The van der Waals surface area contributed by atoms with Crippen LogP contribution in [0.25, 0.3) is 28.2 Å². The van der Waals surface area contributed by atoms with Crippen molar-refractivity contribution in [1.82, 2.24) is 24.8 Å². The summed E-state index contributed by atoms with van der Waals surface area (Å²) < 4.78 is 16.2. The number of pyridine rings is 2. The largest absolute Gasteiger partial charge is 0.383 e. The monoisotopic (exact) mass is 592 g/mol. The van der Waals surface area contributed by atoms with Crippen molar-refractivity contribution in [1.29, 1.82) is 5.26 Å². The maximum Gasteiger partial charge on any atom is 0.253 e. The van der Waals surface area contributed by atoms with E-state index in [0.29, 0.717) is 46.0 Å². The number of amides is 1. The molecule has 5 aromatic rings. The maximum atomic E-state index is 14.3. The summed E-state index contributed by atoms with van der Waals surface area (Å²) in [4.78, 5) is 30.8. The van der Waals surface area contributed by atoms with Gasteiger partial charge in [0.05, 0.1) is 16.8 Å². The quantitative estimate of drug-likeness (QED) is 0.190. The van der Waals surface area contributed by atoms with Crippen LogP contribution in [0.5, 0.6) is 0 Å². The summed E-state index contributed by atoms with van der Waals surface area (Å²) in [6.45, 7) is 11.6. The predicted octanol–water partition coefficient (Wildman–Crippen LogP) is 7.36. The summed E-state index contributed by atoms with van der Waals surface area (Å²) in [6.07, 6.45) is 3.79. The summed E-state index contributed by atoms with van der Waals surface area (Å²) in [5, 5.41) is 12.0. The highest BCUT2D eigenvalue weighted by atomic mass is 19.1. The number of hydrogen-bond donors (Lipinski definition) is 2. The van der Waals surface area contributed by atoms with Gasteiger partial charge in [-0.15, -0.1) is 0 Å². The molecule has 1 amide bonds. The number of anilines is 1. The smallest absolute Gasteiger partial charge is 0.253 e. The molecule has 9 nitrogen and oxygen atoms in total. The van der Waals surface area contributed by atoms with E-state index in [4.69, 9.17) is 16.0 Å². The Morgan fingerprint density at radius 2 is 1.73 bits per heavy atom. The number of carbonyl (C=O) groups excluding carboxylic acids is 1. The van der Waals surface area contributed by atoms with E-state index in [9.17, 15) is 9.18 Å². The molecule has 0 radical (unpaired) electrons. The van der Waals surface area contributed by atoms with E-state index in [1.807, 2.05) is 87.7 Å². The fraction of sp³-hybridized carbons (Fsp3) is 0.235. The van der Waals surface area contributed by atoms with Crippen LogP contribution in [-0.2, 0) is 13.0 Å². The van der Waals surface area contributed by atoms with Crippen molar-refractivity contribution in [3.63, 3.8) is 0 Å². The van der Waals surface area contributed by atoms with E-state index in [1.54, 1.807) is 25.4 Å². The lowest BCUT2D eigenvalue weighted by molar-refractivity contribution is 0.0951. The highest BCUT2D eigenvalue weighted by molar-refractivity contribution is 6.03. The normalized spacial score (nSPS) is 10.6. The van der Waals surface area contributed by atoms with Gasteiger partial charge < -0.3 is 11.1 Å². The fourth-order valence-corrected chi connectivity index (χ4v) is 4.41. The molecule has 0 aliphatic heterocycles. The molecule has 0 aliphatic rings. The first-order valence-electron chi connectivity index (χ1n) is 14.6. The van der Waals surface area contributed by atoms with Crippen LogP contribution in [0.15, 0.2) is 78.0 Å². The second-order valence-electron chi connectivity index (χ2n) is 9.03. The predicted molar refractivity (Wildman–Crippen MR) is 175 cm³/mol. The number of nitrogens with one attached hydrogen (secondary N) is 1. The Labute approximate surface area is 257 Å². The van der Waals surface area contributed by atoms with Gasteiger partial charge in [0.25, 0.3) is 5.91 Å². The average molecular weight is 593 g/mol. The molecule has 226 valence electrons. The van der Waals surface area contributed by atoms with Gasteiger partial charge in [-0.1, -0.05) is 46.8 Å². The van der Waals surface area contributed by atoms with Gasteiger partial charge in [-0.05, 0) is 73.0 Å². The van der Waals surface area contributed by atoms with Gasteiger partial charge >= 0.3 is 0 Å². The van der Waals surface area contributed by atoms with Gasteiger partial charge in [0.2, 0.25) is 0 Å². The highest BCUT2D eigenvalue weighted by Gasteiger charge is 2.19. The number of nitriles is 1. The Balaban J connectivity index is 0.00000127. The lowest BCUT2D eigenvalue weighted by Crippen LogP contribution is -2.23. The van der Waals surface area contributed by atoms with Gasteiger partial charge in [-0.25, -0.2) is 24.3 Å². The Hall–Kier alpha value is -5.43. The molecule has 2 aromatic carbocycles. The molecule has 0 bridgehead atoms. The van der Waals surface area contributed by atoms with E-state index in [1.165, 1.54) is 6.07 Å². The Kier molecular flexibility index (Phi) is 11.8. The number of aliphatic imine (C=N–C) groups is 1. The number of hydrogen-bond acceptors (Lipinski definition) is 7. The Morgan fingerprint density at radius 1 is 1.05 bits per heavy atom. The van der Waals surface area contributed by atoms with Gasteiger partial charge in [-0.3, -0.25) is 9.36 Å². The molecule has 0 saturated carbocycles. The summed E-state index contributed by atoms with van der Waals surface area (Å²) in [7, 11) is 0. The fourth-order valence-electron chi connectivity index (χ4n) is 4.41. The first-order valence-corrected chi connectivity index (χ1v) is 14.6. The molecule has 0 aliphatic carbocycles. The number of halogens is 1. The van der Waals surface area contributed by atoms with Gasteiger partial charge in [-0.2, -0.15) is 5.26 Å². The van der Waals surface area contributed by atoms with Crippen LogP contribution < -0.4 is 11.1 Å². The molecule has 0 spiro atoms. The second kappa shape index (κ2) is 15.7. The summed E-state index contributed by atoms with van der Waals surface area (Å²) in [5.41, 5.74) is 11.0. The van der Waals surface area contributed by atoms with Crippen LogP contribution >= 0.6 is 0 Å². The van der Waals surface area contributed by atoms with Crippen molar-refractivity contribution in [2.75, 3.05) is 5.73 Å². The third-order valence-corrected chi connectivity index (χ3v) is 6.36. The van der Waals surface area contributed by atoms with E-state index in [-0.39, 0.29) is 17.8 Å². The van der Waals surface area contributed by atoms with Gasteiger partial charge in [0.15, 0.2) is 11.5 Å². The molecule has 44 heavy (non-hydrogen) atoms.